The lowest BCUT2D eigenvalue weighted by Crippen LogP contribution is -2.04. The Morgan fingerprint density at radius 2 is 1.92 bits per heavy atom. The number of hydrogen-bond acceptors (Lipinski definition) is 2. The highest BCUT2D eigenvalue weighted by Gasteiger charge is 2.08. The van der Waals surface area contributed by atoms with E-state index in [0.717, 1.165) is 12.8 Å². The topological polar surface area (TPSA) is 29.5 Å². The number of rotatable bonds is 5. The van der Waals surface area contributed by atoms with E-state index in [1.165, 1.54) is 6.42 Å². The van der Waals surface area contributed by atoms with E-state index in [1.54, 1.807) is 6.08 Å². The summed E-state index contributed by atoms with van der Waals surface area (Å²) < 4.78 is 5.14. The summed E-state index contributed by atoms with van der Waals surface area (Å²) in [6.07, 6.45) is 5.08. The smallest absolute Gasteiger partial charge is 0.272 e. The van der Waals surface area contributed by atoms with E-state index in [1.807, 2.05) is 20.8 Å². The molecule has 0 saturated carbocycles. The molecule has 0 aromatic carbocycles. The van der Waals surface area contributed by atoms with Crippen molar-refractivity contribution in [3.8, 4) is 0 Å². The molecular weight excluding hydrogens is 164 g/mol. The van der Waals surface area contributed by atoms with Crippen LogP contribution in [0.3, 0.4) is 0 Å². The Labute approximate surface area is 81.6 Å². The van der Waals surface area contributed by atoms with Crippen molar-refractivity contribution in [2.75, 3.05) is 6.61 Å². The normalized spacial score (nSPS) is 13.1. The van der Waals surface area contributed by atoms with Gasteiger partial charge in [-0.05, 0) is 11.8 Å². The molecule has 0 saturated heterocycles. The van der Waals surface area contributed by atoms with Crippen molar-refractivity contribution in [2.24, 2.45) is 5.41 Å². The van der Waals surface area contributed by atoms with Gasteiger partial charge in [0.1, 0.15) is 0 Å². The van der Waals surface area contributed by atoms with Gasteiger partial charge in [0.15, 0.2) is 0 Å². The Hall–Kier alpha value is -0.660. The molecule has 2 heteroatoms. The minimum Gasteiger partial charge on any atom is -0.481 e. The minimum atomic E-state index is -0.0190. The molecule has 0 amide bonds. The molecule has 0 spiro atoms. The lowest BCUT2D eigenvalue weighted by molar-refractivity contribution is 0.0860. The highest BCUT2D eigenvalue weighted by atomic mass is 16.6. The third-order valence-electron chi connectivity index (χ3n) is 1.55. The first-order chi connectivity index (χ1) is 5.95. The van der Waals surface area contributed by atoms with E-state index in [-0.39, 0.29) is 11.4 Å². The maximum Gasteiger partial charge on any atom is 0.272 e. The fourth-order valence-corrected chi connectivity index (χ4v) is 0.941. The molecule has 1 N–H and O–H groups in total. The maximum atomic E-state index is 9.32. The summed E-state index contributed by atoms with van der Waals surface area (Å²) in [6.45, 7) is 8.84. The van der Waals surface area contributed by atoms with Crippen molar-refractivity contribution in [1.82, 2.24) is 0 Å². The van der Waals surface area contributed by atoms with E-state index in [2.05, 4.69) is 6.92 Å². The second-order valence-corrected chi connectivity index (χ2v) is 4.40. The Kier molecular flexibility index (Phi) is 5.60. The molecule has 2 nitrogen and oxygen atoms in total. The van der Waals surface area contributed by atoms with Gasteiger partial charge in [0.05, 0.1) is 6.61 Å². The zero-order valence-corrected chi connectivity index (χ0v) is 9.26. The Morgan fingerprint density at radius 3 is 2.38 bits per heavy atom. The van der Waals surface area contributed by atoms with Gasteiger partial charge in [-0.25, -0.2) is 0 Å². The molecule has 0 aliphatic carbocycles. The lowest BCUT2D eigenvalue weighted by atomic mass is 9.97. The standard InChI is InChI=1S/C11H22O2/c1-5-6-7-8-13-10(12)9-11(2,3)4/h9,12H,5-8H2,1-4H3. The average Bonchev–Trinajstić information content (AvgIpc) is 1.94. The Bertz CT molecular complexity index is 154. The molecule has 0 atom stereocenters. The SMILES string of the molecule is CCCCCOC(O)=CC(C)(C)C. The van der Waals surface area contributed by atoms with Crippen molar-refractivity contribution in [2.45, 2.75) is 47.0 Å². The van der Waals surface area contributed by atoms with Gasteiger partial charge >= 0.3 is 0 Å². The number of allylic oxidation sites excluding steroid dienone is 1. The highest BCUT2D eigenvalue weighted by molar-refractivity contribution is 4.92. The predicted octanol–water partition coefficient (Wildman–Crippen LogP) is 3.64. The monoisotopic (exact) mass is 186 g/mol. The third-order valence-corrected chi connectivity index (χ3v) is 1.55. The summed E-state index contributed by atoms with van der Waals surface area (Å²) >= 11 is 0. The second kappa shape index (κ2) is 5.90. The van der Waals surface area contributed by atoms with E-state index in [9.17, 15) is 5.11 Å². The summed E-state index contributed by atoms with van der Waals surface area (Å²) in [7, 11) is 0. The Morgan fingerprint density at radius 1 is 1.31 bits per heavy atom. The summed E-state index contributed by atoms with van der Waals surface area (Å²) in [5.74, 6) is 0.0589. The summed E-state index contributed by atoms with van der Waals surface area (Å²) in [4.78, 5) is 0. The molecule has 0 aromatic rings. The summed E-state index contributed by atoms with van der Waals surface area (Å²) in [6, 6.07) is 0. The predicted molar refractivity (Wildman–Crippen MR) is 55.6 cm³/mol. The third kappa shape index (κ3) is 9.25. The summed E-state index contributed by atoms with van der Waals surface area (Å²) in [5.41, 5.74) is -0.0190. The van der Waals surface area contributed by atoms with Gasteiger partial charge in [-0.2, -0.15) is 0 Å². The van der Waals surface area contributed by atoms with Gasteiger partial charge < -0.3 is 9.84 Å². The van der Waals surface area contributed by atoms with Crippen molar-refractivity contribution in [1.29, 1.82) is 0 Å². The average molecular weight is 186 g/mol. The number of unbranched alkanes of at least 4 members (excludes halogenated alkanes) is 2. The van der Waals surface area contributed by atoms with Gasteiger partial charge in [-0.3, -0.25) is 0 Å². The van der Waals surface area contributed by atoms with Crippen LogP contribution < -0.4 is 0 Å². The van der Waals surface area contributed by atoms with Crippen LogP contribution in [0.5, 0.6) is 0 Å². The van der Waals surface area contributed by atoms with E-state index in [0.29, 0.717) is 6.61 Å². The number of ether oxygens (including phenoxy) is 1. The summed E-state index contributed by atoms with van der Waals surface area (Å²) in [5, 5.41) is 9.32. The number of hydrogen-bond donors (Lipinski definition) is 1. The van der Waals surface area contributed by atoms with E-state index < -0.39 is 0 Å². The molecule has 0 aliphatic rings. The van der Waals surface area contributed by atoms with Crippen LogP contribution in [-0.2, 0) is 4.74 Å². The first kappa shape index (κ1) is 12.3. The second-order valence-electron chi connectivity index (χ2n) is 4.40. The molecule has 0 fully saturated rings. The van der Waals surface area contributed by atoms with Gasteiger partial charge in [0.25, 0.3) is 5.95 Å². The van der Waals surface area contributed by atoms with Gasteiger partial charge in [0, 0.05) is 6.08 Å². The van der Waals surface area contributed by atoms with Gasteiger partial charge in [0.2, 0.25) is 0 Å². The number of aliphatic hydroxyl groups excluding tert-OH is 1. The molecule has 13 heavy (non-hydrogen) atoms. The van der Waals surface area contributed by atoms with Crippen LogP contribution in [-0.4, -0.2) is 11.7 Å². The Balaban J connectivity index is 3.62. The van der Waals surface area contributed by atoms with Crippen molar-refractivity contribution < 1.29 is 9.84 Å². The molecular formula is C11H22O2. The first-order valence-corrected chi connectivity index (χ1v) is 5.00. The van der Waals surface area contributed by atoms with Crippen molar-refractivity contribution >= 4 is 0 Å². The van der Waals surface area contributed by atoms with Crippen LogP contribution in [0.1, 0.15) is 47.0 Å². The van der Waals surface area contributed by atoms with Gasteiger partial charge in [-0.15, -0.1) is 0 Å². The molecule has 0 unspecified atom stereocenters. The molecule has 0 aliphatic heterocycles. The number of aliphatic hydroxyl groups is 1. The van der Waals surface area contributed by atoms with Crippen molar-refractivity contribution in [3.63, 3.8) is 0 Å². The van der Waals surface area contributed by atoms with Crippen LogP contribution >= 0.6 is 0 Å². The van der Waals surface area contributed by atoms with Crippen LogP contribution in [0.15, 0.2) is 12.0 Å². The van der Waals surface area contributed by atoms with E-state index in [4.69, 9.17) is 4.74 Å². The molecule has 0 rings (SSSR count). The van der Waals surface area contributed by atoms with Crippen LogP contribution in [0.25, 0.3) is 0 Å². The van der Waals surface area contributed by atoms with Crippen LogP contribution in [0.4, 0.5) is 0 Å². The molecule has 0 aromatic heterocycles. The molecule has 0 bridgehead atoms. The fraction of sp³-hybridized carbons (Fsp3) is 0.818. The molecule has 0 heterocycles. The fourth-order valence-electron chi connectivity index (χ4n) is 0.941. The minimum absolute atomic E-state index is 0.0190. The largest absolute Gasteiger partial charge is 0.481 e. The van der Waals surface area contributed by atoms with Crippen molar-refractivity contribution in [3.05, 3.63) is 12.0 Å². The van der Waals surface area contributed by atoms with Gasteiger partial charge in [-0.1, -0.05) is 40.5 Å². The molecule has 78 valence electrons. The molecule has 0 radical (unpaired) electrons. The highest BCUT2D eigenvalue weighted by Crippen LogP contribution is 2.17. The van der Waals surface area contributed by atoms with Crippen LogP contribution in [0.2, 0.25) is 0 Å². The zero-order valence-electron chi connectivity index (χ0n) is 9.26. The maximum absolute atomic E-state index is 9.32. The first-order valence-electron chi connectivity index (χ1n) is 5.00. The van der Waals surface area contributed by atoms with E-state index >= 15 is 0 Å². The zero-order chi connectivity index (χ0) is 10.3. The quantitative estimate of drug-likeness (QED) is 0.524. The lowest BCUT2D eigenvalue weighted by Gasteiger charge is -2.13. The van der Waals surface area contributed by atoms with Crippen LogP contribution in [0, 0.1) is 5.41 Å².